The van der Waals surface area contributed by atoms with Crippen LogP contribution in [-0.2, 0) is 4.79 Å². The van der Waals surface area contributed by atoms with Crippen LogP contribution < -0.4 is 5.32 Å². The molecule has 1 atom stereocenters. The predicted octanol–water partition coefficient (Wildman–Crippen LogP) is 1.49. The van der Waals surface area contributed by atoms with E-state index >= 15 is 0 Å². The number of carboxylic acids is 1. The summed E-state index contributed by atoms with van der Waals surface area (Å²) in [6.07, 6.45) is 2.40. The number of fused-ring (bicyclic) bond motifs is 1. The van der Waals surface area contributed by atoms with Crippen molar-refractivity contribution in [1.29, 1.82) is 0 Å². The molecular formula is C12H17N5O2. The van der Waals surface area contributed by atoms with E-state index in [2.05, 4.69) is 20.6 Å². The quantitative estimate of drug-likeness (QED) is 0.820. The highest BCUT2D eigenvalue weighted by Gasteiger charge is 2.17. The Labute approximate surface area is 110 Å². The molecule has 19 heavy (non-hydrogen) atoms. The van der Waals surface area contributed by atoms with Crippen molar-refractivity contribution in [2.75, 3.05) is 5.32 Å². The summed E-state index contributed by atoms with van der Waals surface area (Å²) in [5.74, 6) is 0.314. The predicted molar refractivity (Wildman–Crippen MR) is 70.1 cm³/mol. The summed E-state index contributed by atoms with van der Waals surface area (Å²) in [6, 6.07) is 2.85. The molecule has 0 aliphatic carbocycles. The molecule has 0 aromatic carbocycles. The molecule has 2 heterocycles. The van der Waals surface area contributed by atoms with Crippen LogP contribution in [0.1, 0.15) is 32.0 Å². The molecule has 0 saturated carbocycles. The van der Waals surface area contributed by atoms with E-state index in [9.17, 15) is 4.79 Å². The van der Waals surface area contributed by atoms with Gasteiger partial charge in [0.1, 0.15) is 11.9 Å². The summed E-state index contributed by atoms with van der Waals surface area (Å²) in [5.41, 5.74) is 0.642. The largest absolute Gasteiger partial charge is 0.480 e. The zero-order chi connectivity index (χ0) is 13.8. The van der Waals surface area contributed by atoms with Gasteiger partial charge in [0.25, 0.3) is 0 Å². The molecule has 0 unspecified atom stereocenters. The van der Waals surface area contributed by atoms with Gasteiger partial charge >= 0.3 is 5.97 Å². The van der Waals surface area contributed by atoms with Gasteiger partial charge in [-0.1, -0.05) is 19.8 Å². The van der Waals surface area contributed by atoms with Crippen molar-refractivity contribution < 1.29 is 9.90 Å². The second-order valence-corrected chi connectivity index (χ2v) is 4.41. The molecule has 2 rings (SSSR count). The molecule has 0 spiro atoms. The number of carboxylic acid groups (broad SMARTS) is 1. The third kappa shape index (κ3) is 2.98. The van der Waals surface area contributed by atoms with E-state index in [1.54, 1.807) is 23.6 Å². The first-order chi connectivity index (χ1) is 9.11. The van der Waals surface area contributed by atoms with E-state index in [0.717, 1.165) is 12.8 Å². The van der Waals surface area contributed by atoms with Gasteiger partial charge in [-0.25, -0.2) is 4.79 Å². The van der Waals surface area contributed by atoms with E-state index in [1.807, 2.05) is 6.92 Å². The van der Waals surface area contributed by atoms with Gasteiger partial charge in [0.15, 0.2) is 11.5 Å². The van der Waals surface area contributed by atoms with E-state index in [4.69, 9.17) is 5.11 Å². The number of nitrogens with zero attached hydrogens (tertiary/aromatic N) is 4. The van der Waals surface area contributed by atoms with Crippen LogP contribution in [0.5, 0.6) is 0 Å². The topological polar surface area (TPSA) is 92.4 Å². The molecular weight excluding hydrogens is 246 g/mol. The average Bonchev–Trinajstić information content (AvgIpc) is 2.76. The molecule has 0 bridgehead atoms. The number of anilines is 1. The summed E-state index contributed by atoms with van der Waals surface area (Å²) in [5, 5.41) is 24.2. The van der Waals surface area contributed by atoms with Crippen LogP contribution in [0.25, 0.3) is 5.65 Å². The van der Waals surface area contributed by atoms with Crippen LogP contribution in [0.3, 0.4) is 0 Å². The normalized spacial score (nSPS) is 12.5. The van der Waals surface area contributed by atoms with E-state index in [-0.39, 0.29) is 0 Å². The highest BCUT2D eigenvalue weighted by molar-refractivity contribution is 5.76. The number of nitrogens with one attached hydrogen (secondary N) is 1. The van der Waals surface area contributed by atoms with Gasteiger partial charge in [-0.05, 0) is 25.5 Å². The van der Waals surface area contributed by atoms with Crippen molar-refractivity contribution in [1.82, 2.24) is 19.8 Å². The third-order valence-corrected chi connectivity index (χ3v) is 2.89. The van der Waals surface area contributed by atoms with Gasteiger partial charge in [0.2, 0.25) is 0 Å². The first kappa shape index (κ1) is 13.3. The van der Waals surface area contributed by atoms with Gasteiger partial charge in [0.05, 0.1) is 0 Å². The fourth-order valence-corrected chi connectivity index (χ4v) is 1.82. The molecule has 102 valence electrons. The monoisotopic (exact) mass is 263 g/mol. The lowest BCUT2D eigenvalue weighted by Crippen LogP contribution is -2.29. The zero-order valence-corrected chi connectivity index (χ0v) is 11.0. The van der Waals surface area contributed by atoms with Gasteiger partial charge in [-0.15, -0.1) is 15.3 Å². The maximum Gasteiger partial charge on any atom is 0.326 e. The lowest BCUT2D eigenvalue weighted by Gasteiger charge is -2.14. The highest BCUT2D eigenvalue weighted by Crippen LogP contribution is 2.11. The standard InChI is InChI=1S/C12H17N5O2/c1-3-4-5-9(12(18)19)13-10-6-7-11-15-14-8(2)17(11)16-10/h6-7,9H,3-5H2,1-2H3,(H,13,16)(H,18,19)/t9-/m0/s1. The summed E-state index contributed by atoms with van der Waals surface area (Å²) in [6.45, 7) is 3.83. The number of carbonyl (C=O) groups is 1. The fraction of sp³-hybridized carbons (Fsp3) is 0.500. The summed E-state index contributed by atoms with van der Waals surface area (Å²) < 4.78 is 1.58. The highest BCUT2D eigenvalue weighted by atomic mass is 16.4. The third-order valence-electron chi connectivity index (χ3n) is 2.89. The number of aromatic nitrogens is 4. The number of aryl methyl sites for hydroxylation is 1. The van der Waals surface area contributed by atoms with Crippen LogP contribution in [0, 0.1) is 6.92 Å². The second kappa shape index (κ2) is 5.64. The molecule has 7 nitrogen and oxygen atoms in total. The molecule has 0 radical (unpaired) electrons. The van der Waals surface area contributed by atoms with E-state index in [1.165, 1.54) is 0 Å². The lowest BCUT2D eigenvalue weighted by molar-refractivity contribution is -0.138. The maximum absolute atomic E-state index is 11.2. The Bertz CT molecular complexity index is 581. The zero-order valence-electron chi connectivity index (χ0n) is 11.0. The molecule has 0 amide bonds. The SMILES string of the molecule is CCCC[C@H](Nc1ccc2nnc(C)n2n1)C(=O)O. The summed E-state index contributed by atoms with van der Waals surface area (Å²) >= 11 is 0. The second-order valence-electron chi connectivity index (χ2n) is 4.41. The summed E-state index contributed by atoms with van der Waals surface area (Å²) in [4.78, 5) is 11.2. The van der Waals surface area contributed by atoms with Crippen molar-refractivity contribution in [3.63, 3.8) is 0 Å². The van der Waals surface area contributed by atoms with E-state index in [0.29, 0.717) is 23.7 Å². The molecule has 2 N–H and O–H groups in total. The number of rotatable bonds is 6. The molecule has 2 aromatic heterocycles. The van der Waals surface area contributed by atoms with Crippen LogP contribution in [0.15, 0.2) is 12.1 Å². The number of unbranched alkanes of at least 4 members (excludes halogenated alkanes) is 1. The van der Waals surface area contributed by atoms with Crippen LogP contribution in [0.4, 0.5) is 5.82 Å². The minimum atomic E-state index is -0.865. The first-order valence-electron chi connectivity index (χ1n) is 6.30. The van der Waals surface area contributed by atoms with Crippen LogP contribution in [0.2, 0.25) is 0 Å². The molecule has 2 aromatic rings. The molecule has 0 aliphatic heterocycles. The molecule has 0 aliphatic rings. The Kier molecular flexibility index (Phi) is 3.94. The Balaban J connectivity index is 2.18. The van der Waals surface area contributed by atoms with Gasteiger partial charge < -0.3 is 10.4 Å². The number of hydrogen-bond donors (Lipinski definition) is 2. The van der Waals surface area contributed by atoms with Gasteiger partial charge in [-0.3, -0.25) is 0 Å². The maximum atomic E-state index is 11.2. The van der Waals surface area contributed by atoms with Crippen molar-refractivity contribution >= 4 is 17.4 Å². The van der Waals surface area contributed by atoms with E-state index < -0.39 is 12.0 Å². The Hall–Kier alpha value is -2.18. The first-order valence-corrected chi connectivity index (χ1v) is 6.30. The van der Waals surface area contributed by atoms with Gasteiger partial charge in [0, 0.05) is 0 Å². The Morgan fingerprint density at radius 3 is 2.95 bits per heavy atom. The van der Waals surface area contributed by atoms with Crippen LogP contribution in [-0.4, -0.2) is 36.9 Å². The number of hydrogen-bond acceptors (Lipinski definition) is 5. The smallest absolute Gasteiger partial charge is 0.326 e. The molecule has 0 fully saturated rings. The van der Waals surface area contributed by atoms with Crippen LogP contribution >= 0.6 is 0 Å². The Morgan fingerprint density at radius 2 is 2.26 bits per heavy atom. The fourth-order valence-electron chi connectivity index (χ4n) is 1.82. The van der Waals surface area contributed by atoms with Crippen molar-refractivity contribution in [3.05, 3.63) is 18.0 Å². The average molecular weight is 263 g/mol. The van der Waals surface area contributed by atoms with Crippen molar-refractivity contribution in [3.8, 4) is 0 Å². The number of aliphatic carboxylic acids is 1. The minimum Gasteiger partial charge on any atom is -0.480 e. The van der Waals surface area contributed by atoms with Crippen molar-refractivity contribution in [2.45, 2.75) is 39.2 Å². The minimum absolute atomic E-state index is 0.513. The van der Waals surface area contributed by atoms with Gasteiger partial charge in [-0.2, -0.15) is 4.52 Å². The molecule has 7 heteroatoms. The summed E-state index contributed by atoms with van der Waals surface area (Å²) in [7, 11) is 0. The molecule has 0 saturated heterocycles. The Morgan fingerprint density at radius 1 is 1.47 bits per heavy atom. The van der Waals surface area contributed by atoms with Crippen molar-refractivity contribution in [2.24, 2.45) is 0 Å². The lowest BCUT2D eigenvalue weighted by atomic mass is 10.1.